The van der Waals surface area contributed by atoms with E-state index in [4.69, 9.17) is 9.94 Å². The molecule has 16 heavy (non-hydrogen) atoms. The first-order valence-corrected chi connectivity index (χ1v) is 5.65. The highest BCUT2D eigenvalue weighted by Gasteiger charge is 2.18. The molecular weight excluding hydrogens is 274 g/mol. The van der Waals surface area contributed by atoms with Gasteiger partial charge in [0.2, 0.25) is 6.61 Å². The van der Waals surface area contributed by atoms with Gasteiger partial charge in [0.1, 0.15) is 0 Å². The van der Waals surface area contributed by atoms with Gasteiger partial charge in [-0.25, -0.2) is 4.79 Å². The molecule has 0 fully saturated rings. The van der Waals surface area contributed by atoms with Crippen molar-refractivity contribution in [2.75, 3.05) is 6.61 Å². The summed E-state index contributed by atoms with van der Waals surface area (Å²) < 4.78 is 1.04. The number of carbonyl (C=O) groups is 1. The number of carboxylic acid groups (broad SMARTS) is 1. The normalized spacial score (nSPS) is 16.2. The smallest absolute Gasteiger partial charge is 0.344 e. The van der Waals surface area contributed by atoms with Gasteiger partial charge in [-0.05, 0) is 30.5 Å². The number of oxime groups is 1. The Morgan fingerprint density at radius 3 is 3.06 bits per heavy atom. The molecule has 0 amide bonds. The molecule has 5 heteroatoms. The van der Waals surface area contributed by atoms with Crippen LogP contribution in [0.2, 0.25) is 0 Å². The first-order chi connectivity index (χ1) is 7.66. The second-order valence-corrected chi connectivity index (χ2v) is 4.42. The fourth-order valence-corrected chi connectivity index (χ4v) is 2.11. The van der Waals surface area contributed by atoms with Crippen molar-refractivity contribution in [3.05, 3.63) is 33.8 Å². The zero-order valence-electron chi connectivity index (χ0n) is 8.44. The molecule has 0 aromatic heterocycles. The standard InChI is InChI=1S/C11H10BrNO3/c12-8-2-3-9-7(5-8)1-4-10(9)13-16-6-11(14)15/h2-3,5H,1,4,6H2,(H,14,15)/b13-10-. The van der Waals surface area contributed by atoms with E-state index in [-0.39, 0.29) is 0 Å². The Morgan fingerprint density at radius 1 is 1.50 bits per heavy atom. The number of benzene rings is 1. The fraction of sp³-hybridized carbons (Fsp3) is 0.273. The summed E-state index contributed by atoms with van der Waals surface area (Å²) in [5.74, 6) is -1.02. The highest BCUT2D eigenvalue weighted by Crippen LogP contribution is 2.25. The monoisotopic (exact) mass is 283 g/mol. The van der Waals surface area contributed by atoms with Gasteiger partial charge < -0.3 is 9.94 Å². The van der Waals surface area contributed by atoms with Crippen LogP contribution in [-0.2, 0) is 16.1 Å². The van der Waals surface area contributed by atoms with E-state index >= 15 is 0 Å². The molecule has 2 rings (SSSR count). The van der Waals surface area contributed by atoms with E-state index in [1.165, 1.54) is 5.56 Å². The van der Waals surface area contributed by atoms with Crippen molar-refractivity contribution in [1.29, 1.82) is 0 Å². The Kier molecular flexibility index (Phi) is 3.24. The predicted molar refractivity (Wildman–Crippen MR) is 62.6 cm³/mol. The molecule has 0 saturated carbocycles. The van der Waals surface area contributed by atoms with Crippen molar-refractivity contribution in [2.45, 2.75) is 12.8 Å². The van der Waals surface area contributed by atoms with E-state index in [2.05, 4.69) is 27.2 Å². The largest absolute Gasteiger partial charge is 0.479 e. The van der Waals surface area contributed by atoms with Crippen LogP contribution < -0.4 is 0 Å². The molecule has 1 aliphatic carbocycles. The molecule has 0 bridgehead atoms. The summed E-state index contributed by atoms with van der Waals surface area (Å²) in [4.78, 5) is 15.0. The van der Waals surface area contributed by atoms with Gasteiger partial charge in [0.15, 0.2) is 0 Å². The van der Waals surface area contributed by atoms with Crippen molar-refractivity contribution in [3.8, 4) is 0 Å². The number of aryl methyl sites for hydroxylation is 1. The average Bonchev–Trinajstić information content (AvgIpc) is 2.60. The van der Waals surface area contributed by atoms with Crippen molar-refractivity contribution >= 4 is 27.6 Å². The number of rotatable bonds is 3. The third kappa shape index (κ3) is 2.41. The second kappa shape index (κ2) is 4.65. The van der Waals surface area contributed by atoms with E-state index in [1.54, 1.807) is 0 Å². The Balaban J connectivity index is 2.14. The zero-order valence-corrected chi connectivity index (χ0v) is 10.0. The van der Waals surface area contributed by atoms with Crippen molar-refractivity contribution in [3.63, 3.8) is 0 Å². The number of hydrogen-bond donors (Lipinski definition) is 1. The van der Waals surface area contributed by atoms with Gasteiger partial charge >= 0.3 is 5.97 Å². The molecule has 1 aliphatic rings. The predicted octanol–water partition coefficient (Wildman–Crippen LogP) is 2.20. The second-order valence-electron chi connectivity index (χ2n) is 3.51. The van der Waals surface area contributed by atoms with Gasteiger partial charge in [0.25, 0.3) is 0 Å². The lowest BCUT2D eigenvalue weighted by Gasteiger charge is -2.00. The molecule has 84 valence electrons. The van der Waals surface area contributed by atoms with Crippen LogP contribution in [0.5, 0.6) is 0 Å². The third-order valence-corrected chi connectivity index (χ3v) is 2.87. The highest BCUT2D eigenvalue weighted by molar-refractivity contribution is 9.10. The topological polar surface area (TPSA) is 58.9 Å². The summed E-state index contributed by atoms with van der Waals surface area (Å²) in [6, 6.07) is 5.96. The molecule has 0 spiro atoms. The molecule has 4 nitrogen and oxygen atoms in total. The fourth-order valence-electron chi connectivity index (χ4n) is 1.70. The summed E-state index contributed by atoms with van der Waals surface area (Å²) in [6.07, 6.45) is 1.72. The van der Waals surface area contributed by atoms with Crippen LogP contribution >= 0.6 is 15.9 Å². The Morgan fingerprint density at radius 2 is 2.31 bits per heavy atom. The quantitative estimate of drug-likeness (QED) is 0.866. The SMILES string of the molecule is O=C(O)CO/N=C1/CCc2cc(Br)ccc21. The van der Waals surface area contributed by atoms with Crippen LogP contribution in [0.1, 0.15) is 17.5 Å². The summed E-state index contributed by atoms with van der Waals surface area (Å²) in [6.45, 7) is -0.393. The lowest BCUT2D eigenvalue weighted by molar-refractivity contribution is -0.142. The Bertz CT molecular complexity index is 457. The van der Waals surface area contributed by atoms with Gasteiger partial charge in [0.05, 0.1) is 5.71 Å². The molecule has 1 aromatic carbocycles. The number of aliphatic carboxylic acids is 1. The van der Waals surface area contributed by atoms with Gasteiger partial charge in [-0.1, -0.05) is 27.2 Å². The third-order valence-electron chi connectivity index (χ3n) is 2.37. The molecule has 0 saturated heterocycles. The van der Waals surface area contributed by atoms with E-state index in [0.717, 1.165) is 28.6 Å². The van der Waals surface area contributed by atoms with E-state index < -0.39 is 12.6 Å². The highest BCUT2D eigenvalue weighted by atomic mass is 79.9. The first kappa shape index (κ1) is 11.1. The average molecular weight is 284 g/mol. The number of halogens is 1. The Hall–Kier alpha value is -1.36. The van der Waals surface area contributed by atoms with Gasteiger partial charge in [-0.2, -0.15) is 0 Å². The first-order valence-electron chi connectivity index (χ1n) is 4.86. The van der Waals surface area contributed by atoms with Crippen LogP contribution in [-0.4, -0.2) is 23.4 Å². The molecule has 0 radical (unpaired) electrons. The number of carboxylic acids is 1. The van der Waals surface area contributed by atoms with Crippen molar-refractivity contribution in [2.24, 2.45) is 5.16 Å². The summed E-state index contributed by atoms with van der Waals surface area (Å²) in [5, 5.41) is 12.3. The Labute approximate surface area is 101 Å². The summed E-state index contributed by atoms with van der Waals surface area (Å²) in [7, 11) is 0. The van der Waals surface area contributed by atoms with Gasteiger partial charge in [-0.15, -0.1) is 0 Å². The maximum Gasteiger partial charge on any atom is 0.344 e. The van der Waals surface area contributed by atoms with E-state index in [1.807, 2.05) is 12.1 Å². The number of nitrogens with zero attached hydrogens (tertiary/aromatic N) is 1. The minimum atomic E-state index is -1.02. The van der Waals surface area contributed by atoms with Gasteiger partial charge in [-0.3, -0.25) is 0 Å². The minimum absolute atomic E-state index is 0.393. The summed E-state index contributed by atoms with van der Waals surface area (Å²) in [5.41, 5.74) is 3.09. The van der Waals surface area contributed by atoms with Gasteiger partial charge in [0, 0.05) is 10.0 Å². The van der Waals surface area contributed by atoms with Crippen LogP contribution in [0, 0.1) is 0 Å². The number of fused-ring (bicyclic) bond motifs is 1. The molecule has 0 heterocycles. The molecule has 0 atom stereocenters. The van der Waals surface area contributed by atoms with Crippen molar-refractivity contribution in [1.82, 2.24) is 0 Å². The maximum atomic E-state index is 10.3. The van der Waals surface area contributed by atoms with E-state index in [9.17, 15) is 4.79 Å². The zero-order chi connectivity index (χ0) is 11.5. The molecule has 1 N–H and O–H groups in total. The van der Waals surface area contributed by atoms with Crippen molar-refractivity contribution < 1.29 is 14.7 Å². The van der Waals surface area contributed by atoms with Crippen LogP contribution in [0.3, 0.4) is 0 Å². The lowest BCUT2D eigenvalue weighted by Crippen LogP contribution is -2.05. The van der Waals surface area contributed by atoms with E-state index in [0.29, 0.717) is 0 Å². The van der Waals surface area contributed by atoms with Crippen LogP contribution in [0.15, 0.2) is 27.8 Å². The molecular formula is C11H10BrNO3. The lowest BCUT2D eigenvalue weighted by atomic mass is 10.1. The minimum Gasteiger partial charge on any atom is -0.479 e. The molecule has 0 unspecified atom stereocenters. The molecule has 0 aliphatic heterocycles. The summed E-state index contributed by atoms with van der Waals surface area (Å²) >= 11 is 3.41. The molecule has 1 aromatic rings. The van der Waals surface area contributed by atoms with Crippen LogP contribution in [0.4, 0.5) is 0 Å². The maximum absolute atomic E-state index is 10.3. The van der Waals surface area contributed by atoms with Crippen LogP contribution in [0.25, 0.3) is 0 Å². The number of hydrogen-bond acceptors (Lipinski definition) is 3.